The third kappa shape index (κ3) is 2.26. The molecular weight excluding hydrogens is 188 g/mol. The van der Waals surface area contributed by atoms with Crippen molar-refractivity contribution in [1.82, 2.24) is 9.55 Å². The normalized spacial score (nSPS) is 12.0. The summed E-state index contributed by atoms with van der Waals surface area (Å²) in [7, 11) is 0. The maximum absolute atomic E-state index is 5.71. The van der Waals surface area contributed by atoms with Crippen molar-refractivity contribution in [3.8, 4) is 5.75 Å². The third-order valence-corrected chi connectivity index (χ3v) is 2.02. The highest BCUT2D eigenvalue weighted by atomic mass is 16.5. The summed E-state index contributed by atoms with van der Waals surface area (Å²) in [6.07, 6.45) is 6.78. The van der Waals surface area contributed by atoms with Crippen LogP contribution in [0.3, 0.4) is 0 Å². The minimum atomic E-state index is -0.213. The van der Waals surface area contributed by atoms with Gasteiger partial charge in [-0.2, -0.15) is 0 Å². The lowest BCUT2D eigenvalue weighted by Gasteiger charge is -2.16. The van der Waals surface area contributed by atoms with Crippen molar-refractivity contribution in [2.24, 2.45) is 0 Å². The molecule has 0 aliphatic heterocycles. The Hall–Kier alpha value is -2.03. The van der Waals surface area contributed by atoms with Gasteiger partial charge < -0.3 is 4.74 Å². The lowest BCUT2D eigenvalue weighted by molar-refractivity contribution is 0.182. The Morgan fingerprint density at radius 3 is 2.73 bits per heavy atom. The molecule has 0 radical (unpaired) electrons. The molecule has 3 heteroatoms. The van der Waals surface area contributed by atoms with Gasteiger partial charge in [-0.25, -0.2) is 4.98 Å². The van der Waals surface area contributed by atoms with Crippen LogP contribution in [0.1, 0.15) is 6.23 Å². The lowest BCUT2D eigenvalue weighted by Crippen LogP contribution is -2.11. The minimum Gasteiger partial charge on any atom is -0.467 e. The monoisotopic (exact) mass is 200 g/mol. The molecule has 1 atom stereocenters. The fourth-order valence-corrected chi connectivity index (χ4v) is 1.29. The number of hydrogen-bond donors (Lipinski definition) is 0. The highest BCUT2D eigenvalue weighted by Gasteiger charge is 2.06. The van der Waals surface area contributed by atoms with Gasteiger partial charge in [-0.3, -0.25) is 4.57 Å². The van der Waals surface area contributed by atoms with Gasteiger partial charge in [0.2, 0.25) is 0 Å². The summed E-state index contributed by atoms with van der Waals surface area (Å²) in [6, 6.07) is 9.64. The van der Waals surface area contributed by atoms with Crippen molar-refractivity contribution in [3.63, 3.8) is 0 Å². The van der Waals surface area contributed by atoms with Gasteiger partial charge in [0.15, 0.2) is 6.23 Å². The second kappa shape index (κ2) is 4.46. The van der Waals surface area contributed by atoms with Gasteiger partial charge in [-0.05, 0) is 18.2 Å². The Morgan fingerprint density at radius 1 is 1.33 bits per heavy atom. The van der Waals surface area contributed by atoms with Crippen molar-refractivity contribution >= 4 is 0 Å². The number of aromatic nitrogens is 2. The Bertz CT molecular complexity index is 408. The van der Waals surface area contributed by atoms with E-state index in [9.17, 15) is 0 Å². The number of imidazole rings is 1. The van der Waals surface area contributed by atoms with Crippen LogP contribution >= 0.6 is 0 Å². The van der Waals surface area contributed by atoms with E-state index in [4.69, 9.17) is 4.74 Å². The van der Waals surface area contributed by atoms with E-state index in [1.54, 1.807) is 18.6 Å². The number of hydrogen-bond acceptors (Lipinski definition) is 2. The summed E-state index contributed by atoms with van der Waals surface area (Å²) in [6.45, 7) is 3.74. The van der Waals surface area contributed by atoms with E-state index in [0.29, 0.717) is 0 Å². The Kier molecular flexibility index (Phi) is 2.83. The first-order chi connectivity index (χ1) is 7.40. The topological polar surface area (TPSA) is 27.1 Å². The molecule has 0 bridgehead atoms. The molecule has 0 unspecified atom stereocenters. The van der Waals surface area contributed by atoms with E-state index in [1.165, 1.54) is 0 Å². The van der Waals surface area contributed by atoms with Gasteiger partial charge in [0, 0.05) is 12.4 Å². The number of ether oxygens (including phenoxy) is 1. The van der Waals surface area contributed by atoms with Crippen molar-refractivity contribution < 1.29 is 4.74 Å². The van der Waals surface area contributed by atoms with Gasteiger partial charge in [0.05, 0.1) is 6.33 Å². The molecule has 0 fully saturated rings. The largest absolute Gasteiger partial charge is 0.467 e. The van der Waals surface area contributed by atoms with Crippen LogP contribution in [0.25, 0.3) is 0 Å². The minimum absolute atomic E-state index is 0.213. The first kappa shape index (κ1) is 9.52. The molecule has 1 heterocycles. The van der Waals surface area contributed by atoms with E-state index in [0.717, 1.165) is 5.75 Å². The lowest BCUT2D eigenvalue weighted by atomic mass is 10.3. The maximum Gasteiger partial charge on any atom is 0.196 e. The van der Waals surface area contributed by atoms with E-state index < -0.39 is 0 Å². The van der Waals surface area contributed by atoms with E-state index in [-0.39, 0.29) is 6.23 Å². The first-order valence-electron chi connectivity index (χ1n) is 4.72. The molecule has 2 rings (SSSR count). The van der Waals surface area contributed by atoms with Crippen molar-refractivity contribution in [2.45, 2.75) is 6.23 Å². The van der Waals surface area contributed by atoms with Crippen molar-refractivity contribution in [3.05, 3.63) is 61.7 Å². The molecular formula is C12H12N2O. The van der Waals surface area contributed by atoms with Gasteiger partial charge in [-0.1, -0.05) is 24.8 Å². The van der Waals surface area contributed by atoms with Crippen molar-refractivity contribution in [1.29, 1.82) is 0 Å². The summed E-state index contributed by atoms with van der Waals surface area (Å²) >= 11 is 0. The number of rotatable bonds is 4. The number of nitrogens with zero attached hydrogens (tertiary/aromatic N) is 2. The van der Waals surface area contributed by atoms with Crippen LogP contribution in [0, 0.1) is 0 Å². The maximum atomic E-state index is 5.71. The second-order valence-corrected chi connectivity index (χ2v) is 3.07. The Labute approximate surface area is 88.6 Å². The molecule has 0 saturated heterocycles. The molecule has 0 saturated carbocycles. The van der Waals surface area contributed by atoms with E-state index >= 15 is 0 Å². The second-order valence-electron chi connectivity index (χ2n) is 3.07. The number of para-hydroxylation sites is 1. The molecule has 15 heavy (non-hydrogen) atoms. The first-order valence-corrected chi connectivity index (χ1v) is 4.72. The summed E-state index contributed by atoms with van der Waals surface area (Å²) in [5.41, 5.74) is 0. The molecule has 1 aromatic heterocycles. The predicted octanol–water partition coefficient (Wildman–Crippen LogP) is 2.65. The fourth-order valence-electron chi connectivity index (χ4n) is 1.29. The fraction of sp³-hybridized carbons (Fsp3) is 0.0833. The molecule has 76 valence electrons. The quantitative estimate of drug-likeness (QED) is 0.709. The zero-order chi connectivity index (χ0) is 10.5. The SMILES string of the molecule is C=C[C@H](Oc1ccccc1)n1ccnc1. The third-order valence-electron chi connectivity index (χ3n) is 2.02. The Balaban J connectivity index is 2.13. The molecule has 0 aliphatic rings. The van der Waals surface area contributed by atoms with Crippen LogP contribution in [0.15, 0.2) is 61.7 Å². The van der Waals surface area contributed by atoms with Crippen LogP contribution in [-0.4, -0.2) is 9.55 Å². The molecule has 0 amide bonds. The molecule has 0 N–H and O–H groups in total. The van der Waals surface area contributed by atoms with E-state index in [1.807, 2.05) is 41.1 Å². The smallest absolute Gasteiger partial charge is 0.196 e. The number of benzene rings is 1. The van der Waals surface area contributed by atoms with Crippen molar-refractivity contribution in [2.75, 3.05) is 0 Å². The summed E-state index contributed by atoms with van der Waals surface area (Å²) in [5.74, 6) is 0.816. The summed E-state index contributed by atoms with van der Waals surface area (Å²) in [4.78, 5) is 3.97. The van der Waals surface area contributed by atoms with Gasteiger partial charge in [-0.15, -0.1) is 0 Å². The Morgan fingerprint density at radius 2 is 2.13 bits per heavy atom. The van der Waals surface area contributed by atoms with Gasteiger partial charge in [0.25, 0.3) is 0 Å². The summed E-state index contributed by atoms with van der Waals surface area (Å²) in [5, 5.41) is 0. The van der Waals surface area contributed by atoms with Gasteiger partial charge in [0.1, 0.15) is 5.75 Å². The van der Waals surface area contributed by atoms with Crippen LogP contribution in [0.4, 0.5) is 0 Å². The average molecular weight is 200 g/mol. The van der Waals surface area contributed by atoms with Crippen LogP contribution in [-0.2, 0) is 0 Å². The molecule has 3 nitrogen and oxygen atoms in total. The average Bonchev–Trinajstić information content (AvgIpc) is 2.81. The highest BCUT2D eigenvalue weighted by molar-refractivity contribution is 5.21. The summed E-state index contributed by atoms with van der Waals surface area (Å²) < 4.78 is 7.56. The molecule has 0 spiro atoms. The zero-order valence-corrected chi connectivity index (χ0v) is 8.28. The van der Waals surface area contributed by atoms with Crippen LogP contribution < -0.4 is 4.74 Å². The van der Waals surface area contributed by atoms with E-state index in [2.05, 4.69) is 11.6 Å². The molecule has 0 aliphatic carbocycles. The standard InChI is InChI=1S/C12H12N2O/c1-2-12(14-9-8-13-10-14)15-11-6-4-3-5-7-11/h2-10,12H,1H2/t12-/m0/s1. The van der Waals surface area contributed by atoms with Crippen LogP contribution in [0.5, 0.6) is 5.75 Å². The van der Waals surface area contributed by atoms with Gasteiger partial charge >= 0.3 is 0 Å². The molecule has 1 aromatic carbocycles. The zero-order valence-electron chi connectivity index (χ0n) is 8.28. The molecule has 2 aromatic rings. The van der Waals surface area contributed by atoms with Crippen LogP contribution in [0.2, 0.25) is 0 Å². The highest BCUT2D eigenvalue weighted by Crippen LogP contribution is 2.16. The predicted molar refractivity (Wildman–Crippen MR) is 58.5 cm³/mol.